The Balaban J connectivity index is 1.64. The van der Waals surface area contributed by atoms with Crippen LogP contribution in [-0.2, 0) is 11.3 Å². The average Bonchev–Trinajstić information content (AvgIpc) is 2.95. The third-order valence-corrected chi connectivity index (χ3v) is 3.51. The zero-order chi connectivity index (χ0) is 12.9. The van der Waals surface area contributed by atoms with E-state index in [4.69, 9.17) is 4.74 Å². The molecule has 1 aliphatic heterocycles. The Kier molecular flexibility index (Phi) is 3.86. The minimum absolute atomic E-state index is 0.165. The number of aromatic nitrogens is 1. The molecule has 1 aromatic carbocycles. The monoisotopic (exact) mass is 254 g/mol. The van der Waals surface area contributed by atoms with Gasteiger partial charge in [0.25, 0.3) is 0 Å². The van der Waals surface area contributed by atoms with Crippen LogP contribution in [0.3, 0.4) is 0 Å². The maximum Gasteiger partial charge on any atom is 0.0978 e. The molecular weight excluding hydrogens is 236 g/mol. The Morgan fingerprint density at radius 1 is 1.16 bits per heavy atom. The van der Waals surface area contributed by atoms with E-state index in [1.807, 2.05) is 18.3 Å². The molecule has 0 radical (unpaired) electrons. The van der Waals surface area contributed by atoms with Crippen LogP contribution in [0.25, 0.3) is 0 Å². The van der Waals surface area contributed by atoms with E-state index in [1.54, 1.807) is 6.20 Å². The van der Waals surface area contributed by atoms with Gasteiger partial charge in [-0.2, -0.15) is 0 Å². The maximum absolute atomic E-state index is 5.86. The molecule has 19 heavy (non-hydrogen) atoms. The van der Waals surface area contributed by atoms with Gasteiger partial charge in [0.1, 0.15) is 0 Å². The lowest BCUT2D eigenvalue weighted by atomic mass is 10.0. The second-order valence-corrected chi connectivity index (χ2v) is 4.84. The summed E-state index contributed by atoms with van der Waals surface area (Å²) in [6.45, 7) is 1.66. The van der Waals surface area contributed by atoms with Gasteiger partial charge in [-0.15, -0.1) is 0 Å². The average molecular weight is 254 g/mol. The molecule has 98 valence electrons. The zero-order valence-corrected chi connectivity index (χ0v) is 10.8. The Bertz CT molecular complexity index is 501. The third kappa shape index (κ3) is 3.00. The largest absolute Gasteiger partial charge is 0.372 e. The molecule has 0 amide bonds. The number of nitrogens with one attached hydrogen (secondary N) is 1. The molecule has 0 aliphatic carbocycles. The molecule has 0 spiro atoms. The number of hydrogen-bond acceptors (Lipinski definition) is 3. The predicted octanol–water partition coefficient (Wildman–Crippen LogP) is 2.70. The number of ether oxygens (including phenoxy) is 1. The fourth-order valence-corrected chi connectivity index (χ4v) is 2.52. The SMILES string of the molecule is c1ccc([C@H]2OCC[C@H]2NCc2cccnc2)cc1. The quantitative estimate of drug-likeness (QED) is 0.911. The van der Waals surface area contributed by atoms with Crippen LogP contribution in [0.1, 0.15) is 23.7 Å². The van der Waals surface area contributed by atoms with Crippen molar-refractivity contribution < 1.29 is 4.74 Å². The smallest absolute Gasteiger partial charge is 0.0978 e. The van der Waals surface area contributed by atoms with Crippen LogP contribution in [0, 0.1) is 0 Å². The molecule has 2 atom stereocenters. The zero-order valence-electron chi connectivity index (χ0n) is 10.8. The molecule has 2 aromatic rings. The number of pyridine rings is 1. The summed E-state index contributed by atoms with van der Waals surface area (Å²) in [6, 6.07) is 14.9. The minimum Gasteiger partial charge on any atom is -0.372 e. The molecule has 3 heteroatoms. The first-order valence-electron chi connectivity index (χ1n) is 6.72. The lowest BCUT2D eigenvalue weighted by Gasteiger charge is -2.20. The van der Waals surface area contributed by atoms with E-state index in [1.165, 1.54) is 11.1 Å². The van der Waals surface area contributed by atoms with Gasteiger partial charge in [0.15, 0.2) is 0 Å². The molecule has 2 heterocycles. The summed E-state index contributed by atoms with van der Waals surface area (Å²) in [6.07, 6.45) is 4.92. The molecule has 3 rings (SSSR count). The van der Waals surface area contributed by atoms with E-state index < -0.39 is 0 Å². The molecule has 1 N–H and O–H groups in total. The highest BCUT2D eigenvalue weighted by atomic mass is 16.5. The Labute approximate surface area is 113 Å². The van der Waals surface area contributed by atoms with Gasteiger partial charge in [-0.3, -0.25) is 4.98 Å². The lowest BCUT2D eigenvalue weighted by Crippen LogP contribution is -2.31. The van der Waals surface area contributed by atoms with Gasteiger partial charge in [0, 0.05) is 31.6 Å². The highest BCUT2D eigenvalue weighted by Crippen LogP contribution is 2.29. The van der Waals surface area contributed by atoms with E-state index in [9.17, 15) is 0 Å². The third-order valence-electron chi connectivity index (χ3n) is 3.51. The second-order valence-electron chi connectivity index (χ2n) is 4.84. The molecule has 1 saturated heterocycles. The van der Waals surface area contributed by atoms with E-state index in [0.717, 1.165) is 19.6 Å². The van der Waals surface area contributed by atoms with Gasteiger partial charge < -0.3 is 10.1 Å². The number of rotatable bonds is 4. The van der Waals surface area contributed by atoms with E-state index in [-0.39, 0.29) is 6.10 Å². The lowest BCUT2D eigenvalue weighted by molar-refractivity contribution is 0.0985. The molecule has 1 aromatic heterocycles. The van der Waals surface area contributed by atoms with Crippen LogP contribution in [-0.4, -0.2) is 17.6 Å². The number of hydrogen-bond donors (Lipinski definition) is 1. The van der Waals surface area contributed by atoms with E-state index in [2.05, 4.69) is 40.6 Å². The first-order valence-corrected chi connectivity index (χ1v) is 6.72. The summed E-state index contributed by atoms with van der Waals surface area (Å²) in [5.41, 5.74) is 2.46. The van der Waals surface area contributed by atoms with Crippen LogP contribution in [0.15, 0.2) is 54.9 Å². The normalized spacial score (nSPS) is 22.5. The summed E-state index contributed by atoms with van der Waals surface area (Å²) in [4.78, 5) is 4.14. The van der Waals surface area contributed by atoms with Crippen molar-refractivity contribution in [3.63, 3.8) is 0 Å². The molecule has 1 aliphatic rings. The van der Waals surface area contributed by atoms with Crippen LogP contribution in [0.2, 0.25) is 0 Å². The van der Waals surface area contributed by atoms with Gasteiger partial charge in [-0.05, 0) is 23.6 Å². The number of benzene rings is 1. The van der Waals surface area contributed by atoms with Crippen LogP contribution >= 0.6 is 0 Å². The van der Waals surface area contributed by atoms with E-state index >= 15 is 0 Å². The second kappa shape index (κ2) is 5.95. The van der Waals surface area contributed by atoms with Gasteiger partial charge in [-0.1, -0.05) is 36.4 Å². The highest BCUT2D eigenvalue weighted by Gasteiger charge is 2.28. The standard InChI is InChI=1S/C16H18N2O/c1-2-6-14(7-3-1)16-15(8-10-19-16)18-12-13-5-4-9-17-11-13/h1-7,9,11,15-16,18H,8,10,12H2/t15-,16-/m1/s1. The van der Waals surface area contributed by atoms with Crippen molar-refractivity contribution in [2.24, 2.45) is 0 Å². The summed E-state index contributed by atoms with van der Waals surface area (Å²) in [7, 11) is 0. The highest BCUT2D eigenvalue weighted by molar-refractivity contribution is 5.20. The Hall–Kier alpha value is -1.71. The first kappa shape index (κ1) is 12.3. The van der Waals surface area contributed by atoms with Crippen molar-refractivity contribution in [1.82, 2.24) is 10.3 Å². The van der Waals surface area contributed by atoms with Crippen LogP contribution < -0.4 is 5.32 Å². The van der Waals surface area contributed by atoms with Crippen molar-refractivity contribution in [3.05, 3.63) is 66.0 Å². The summed E-state index contributed by atoms with van der Waals surface area (Å²) >= 11 is 0. The molecule has 3 nitrogen and oxygen atoms in total. The van der Waals surface area contributed by atoms with Crippen LogP contribution in [0.4, 0.5) is 0 Å². The van der Waals surface area contributed by atoms with Crippen molar-refractivity contribution >= 4 is 0 Å². The molecule has 0 unspecified atom stereocenters. The van der Waals surface area contributed by atoms with Crippen molar-refractivity contribution in [2.75, 3.05) is 6.61 Å². The topological polar surface area (TPSA) is 34.1 Å². The van der Waals surface area contributed by atoms with Crippen molar-refractivity contribution in [3.8, 4) is 0 Å². The summed E-state index contributed by atoms with van der Waals surface area (Å²) in [5, 5.41) is 3.58. The Morgan fingerprint density at radius 3 is 2.84 bits per heavy atom. The molecule has 1 fully saturated rings. The van der Waals surface area contributed by atoms with Crippen molar-refractivity contribution in [2.45, 2.75) is 25.1 Å². The fourth-order valence-electron chi connectivity index (χ4n) is 2.52. The molecule has 0 saturated carbocycles. The van der Waals surface area contributed by atoms with Gasteiger partial charge in [-0.25, -0.2) is 0 Å². The fraction of sp³-hybridized carbons (Fsp3) is 0.312. The molecular formula is C16H18N2O. The van der Waals surface area contributed by atoms with Gasteiger partial charge in [0.2, 0.25) is 0 Å². The summed E-state index contributed by atoms with van der Waals surface area (Å²) < 4.78 is 5.86. The first-order chi connectivity index (χ1) is 9.43. The van der Waals surface area contributed by atoms with Crippen molar-refractivity contribution in [1.29, 1.82) is 0 Å². The molecule has 0 bridgehead atoms. The Morgan fingerprint density at radius 2 is 2.05 bits per heavy atom. The maximum atomic E-state index is 5.86. The van der Waals surface area contributed by atoms with E-state index in [0.29, 0.717) is 6.04 Å². The summed E-state index contributed by atoms with van der Waals surface area (Å²) in [5.74, 6) is 0. The van der Waals surface area contributed by atoms with Gasteiger partial charge >= 0.3 is 0 Å². The minimum atomic E-state index is 0.165. The van der Waals surface area contributed by atoms with Gasteiger partial charge in [0.05, 0.1) is 6.10 Å². The number of nitrogens with zero attached hydrogens (tertiary/aromatic N) is 1. The predicted molar refractivity (Wildman–Crippen MR) is 74.6 cm³/mol. The van der Waals surface area contributed by atoms with Crippen LogP contribution in [0.5, 0.6) is 0 Å².